The minimum Gasteiger partial charge on any atom is -1.00 e. The Kier molecular flexibility index (Phi) is 7.14. The highest BCUT2D eigenvalue weighted by molar-refractivity contribution is 7.96. The predicted octanol–water partition coefficient (Wildman–Crippen LogP) is 0.848. The van der Waals surface area contributed by atoms with Gasteiger partial charge in [-0.3, -0.25) is 0 Å². The van der Waals surface area contributed by atoms with Gasteiger partial charge in [0, 0.05) is 0 Å². The van der Waals surface area contributed by atoms with Crippen molar-refractivity contribution in [2.75, 3.05) is 0 Å². The van der Waals surface area contributed by atoms with Crippen molar-refractivity contribution in [3.05, 3.63) is 91.0 Å². The highest BCUT2D eigenvalue weighted by Gasteiger charge is 2.54. The molecule has 0 saturated heterocycles. The lowest BCUT2D eigenvalue weighted by molar-refractivity contribution is -0.136. The molecule has 0 amide bonds. The Morgan fingerprint density at radius 3 is 1.31 bits per heavy atom. The van der Waals surface area contributed by atoms with Crippen LogP contribution >= 0.6 is 7.26 Å². The molecule has 0 saturated carbocycles. The molecule has 3 aromatic carbocycles. The lowest BCUT2D eigenvalue weighted by Gasteiger charge is -2.32. The zero-order valence-corrected chi connectivity index (χ0v) is 17.1. The first-order valence-corrected chi connectivity index (χ1v) is 10.4. The van der Waals surface area contributed by atoms with Crippen molar-refractivity contribution < 1.29 is 26.9 Å². The third kappa shape index (κ3) is 3.60. The van der Waals surface area contributed by atoms with Crippen LogP contribution in [0.25, 0.3) is 0 Å². The first-order chi connectivity index (χ1) is 12.2. The number of hydrogen-bond donors (Lipinski definition) is 1. The molecule has 0 fully saturated rings. The summed E-state index contributed by atoms with van der Waals surface area (Å²) < 4.78 is 0. The smallest absolute Gasteiger partial charge is 0.345 e. The van der Waals surface area contributed by atoms with Crippen molar-refractivity contribution in [2.24, 2.45) is 0 Å². The molecular weight excluding hydrogens is 407 g/mol. The van der Waals surface area contributed by atoms with Gasteiger partial charge in [0.2, 0.25) is 0 Å². The number of benzene rings is 3. The molecule has 134 valence electrons. The fourth-order valence-electron chi connectivity index (χ4n) is 3.59. The Hall–Kier alpha value is -1.96. The molecule has 0 radical (unpaired) electrons. The average Bonchev–Trinajstić information content (AvgIpc) is 2.68. The molecule has 26 heavy (non-hydrogen) atoms. The Bertz CT molecular complexity index is 726. The summed E-state index contributed by atoms with van der Waals surface area (Å²) in [6.45, 7) is 1.97. The molecule has 0 aliphatic heterocycles. The standard InChI is InChI=1S/C22H21O2P.BrH/c1-2-21(22(23)24)25(18-12-6-3-7-13-18,19-14-8-4-9-15-19)20-16-10-5-11-17-20;/h3-17,21H,2H2,1H3;1H. The van der Waals surface area contributed by atoms with E-state index in [1.165, 1.54) is 0 Å². The van der Waals surface area contributed by atoms with Crippen molar-refractivity contribution in [1.82, 2.24) is 0 Å². The maximum Gasteiger partial charge on any atom is 0.345 e. The second kappa shape index (κ2) is 9.12. The molecule has 1 unspecified atom stereocenters. The van der Waals surface area contributed by atoms with Crippen LogP contribution in [-0.2, 0) is 4.79 Å². The molecule has 3 aromatic rings. The number of hydrogen-bond acceptors (Lipinski definition) is 1. The highest BCUT2D eigenvalue weighted by atomic mass is 79.9. The third-order valence-corrected chi connectivity index (χ3v) is 9.49. The van der Waals surface area contributed by atoms with Crippen LogP contribution in [0, 0.1) is 0 Å². The third-order valence-electron chi connectivity index (χ3n) is 4.63. The Balaban J connectivity index is 0.00000243. The summed E-state index contributed by atoms with van der Waals surface area (Å²) in [7, 11) is -2.32. The van der Waals surface area contributed by atoms with Gasteiger partial charge >= 0.3 is 5.97 Å². The summed E-state index contributed by atoms with van der Waals surface area (Å²) in [4.78, 5) is 12.3. The zero-order chi connectivity index (χ0) is 17.7. The van der Waals surface area contributed by atoms with E-state index in [1.54, 1.807) is 0 Å². The summed E-state index contributed by atoms with van der Waals surface area (Å²) in [6, 6.07) is 30.5. The monoisotopic (exact) mass is 428 g/mol. The van der Waals surface area contributed by atoms with Crippen molar-refractivity contribution in [1.29, 1.82) is 0 Å². The van der Waals surface area contributed by atoms with E-state index >= 15 is 0 Å². The first kappa shape index (κ1) is 20.4. The van der Waals surface area contributed by atoms with Crippen LogP contribution in [0.1, 0.15) is 13.3 Å². The highest BCUT2D eigenvalue weighted by Crippen LogP contribution is 2.60. The van der Waals surface area contributed by atoms with E-state index in [0.29, 0.717) is 6.42 Å². The summed E-state index contributed by atoms with van der Waals surface area (Å²) in [5.41, 5.74) is -0.459. The van der Waals surface area contributed by atoms with Gasteiger partial charge in [-0.2, -0.15) is 0 Å². The molecule has 3 rings (SSSR count). The molecule has 0 heterocycles. The molecule has 0 aliphatic carbocycles. The fourth-order valence-corrected chi connectivity index (χ4v) is 8.37. The normalized spacial score (nSPS) is 12.0. The second-order valence-corrected chi connectivity index (χ2v) is 9.61. The summed E-state index contributed by atoms with van der Waals surface area (Å²) >= 11 is 0. The van der Waals surface area contributed by atoms with E-state index in [0.717, 1.165) is 15.9 Å². The van der Waals surface area contributed by atoms with Gasteiger partial charge in [0.05, 0.1) is 0 Å². The van der Waals surface area contributed by atoms with Crippen LogP contribution in [-0.4, -0.2) is 16.7 Å². The fraction of sp³-hybridized carbons (Fsp3) is 0.136. The van der Waals surface area contributed by atoms with Gasteiger partial charge in [0.15, 0.2) is 5.66 Å². The van der Waals surface area contributed by atoms with Crippen LogP contribution in [0.15, 0.2) is 91.0 Å². The average molecular weight is 429 g/mol. The number of carboxylic acids is 1. The van der Waals surface area contributed by atoms with Gasteiger partial charge in [-0.05, 0) is 42.8 Å². The lowest BCUT2D eigenvalue weighted by atomic mass is 10.3. The molecule has 1 atom stereocenters. The Morgan fingerprint density at radius 2 is 1.08 bits per heavy atom. The Labute approximate surface area is 166 Å². The van der Waals surface area contributed by atoms with Gasteiger partial charge in [-0.1, -0.05) is 61.5 Å². The van der Waals surface area contributed by atoms with Crippen LogP contribution in [0.3, 0.4) is 0 Å². The van der Waals surface area contributed by atoms with Gasteiger partial charge in [0.1, 0.15) is 23.2 Å². The first-order valence-electron chi connectivity index (χ1n) is 8.49. The lowest BCUT2D eigenvalue weighted by Crippen LogP contribution is -3.00. The largest absolute Gasteiger partial charge is 1.00 e. The molecule has 0 spiro atoms. The molecule has 0 aliphatic rings. The zero-order valence-electron chi connectivity index (χ0n) is 14.6. The van der Waals surface area contributed by atoms with Gasteiger partial charge in [-0.15, -0.1) is 0 Å². The van der Waals surface area contributed by atoms with Crippen molar-refractivity contribution in [2.45, 2.75) is 19.0 Å². The number of carboxylic acid groups (broad SMARTS) is 1. The van der Waals surface area contributed by atoms with Crippen molar-refractivity contribution in [3.8, 4) is 0 Å². The van der Waals surface area contributed by atoms with Crippen LogP contribution < -0.4 is 32.9 Å². The number of carbonyl (C=O) groups is 1. The van der Waals surface area contributed by atoms with E-state index in [1.807, 2.05) is 61.5 Å². The topological polar surface area (TPSA) is 37.3 Å². The van der Waals surface area contributed by atoms with Crippen molar-refractivity contribution >= 4 is 29.1 Å². The number of rotatable bonds is 6. The molecule has 0 aromatic heterocycles. The maximum atomic E-state index is 12.3. The quantitative estimate of drug-likeness (QED) is 0.591. The van der Waals surface area contributed by atoms with Gasteiger partial charge < -0.3 is 22.1 Å². The summed E-state index contributed by atoms with van der Waals surface area (Å²) in [5.74, 6) is -0.729. The molecule has 0 bridgehead atoms. The van der Waals surface area contributed by atoms with E-state index in [9.17, 15) is 9.90 Å². The van der Waals surface area contributed by atoms with Crippen LogP contribution in [0.5, 0.6) is 0 Å². The van der Waals surface area contributed by atoms with Crippen molar-refractivity contribution in [3.63, 3.8) is 0 Å². The molecule has 1 N–H and O–H groups in total. The van der Waals surface area contributed by atoms with Crippen LogP contribution in [0.2, 0.25) is 0 Å². The number of aliphatic carboxylic acids is 1. The van der Waals surface area contributed by atoms with Gasteiger partial charge in [0.25, 0.3) is 0 Å². The number of halogens is 1. The second-order valence-electron chi connectivity index (χ2n) is 5.99. The molecule has 4 heteroatoms. The van der Waals surface area contributed by atoms with E-state index < -0.39 is 18.9 Å². The Morgan fingerprint density at radius 1 is 0.769 bits per heavy atom. The summed E-state index contributed by atoms with van der Waals surface area (Å²) in [6.07, 6.45) is 0.585. The predicted molar refractivity (Wildman–Crippen MR) is 107 cm³/mol. The minimum absolute atomic E-state index is 0. The maximum absolute atomic E-state index is 12.3. The van der Waals surface area contributed by atoms with E-state index in [4.69, 9.17) is 0 Å². The van der Waals surface area contributed by atoms with Crippen LogP contribution in [0.4, 0.5) is 0 Å². The van der Waals surface area contributed by atoms with E-state index in [-0.39, 0.29) is 17.0 Å². The molecule has 2 nitrogen and oxygen atoms in total. The van der Waals surface area contributed by atoms with Gasteiger partial charge in [-0.25, -0.2) is 4.79 Å². The SMILES string of the molecule is CCC(C(=O)O)[P+](c1ccccc1)(c1ccccc1)c1ccccc1.[Br-]. The minimum atomic E-state index is -2.32. The summed E-state index contributed by atoms with van der Waals surface area (Å²) in [5, 5.41) is 13.5. The molecular formula is C22H22BrO2P. The van der Waals surface area contributed by atoms with E-state index in [2.05, 4.69) is 36.4 Å².